The van der Waals surface area contributed by atoms with Gasteiger partial charge in [-0.2, -0.15) is 4.99 Å². The summed E-state index contributed by atoms with van der Waals surface area (Å²) in [6, 6.07) is 11.1. The molecule has 0 fully saturated rings. The monoisotopic (exact) mass is 458 g/mol. The van der Waals surface area contributed by atoms with Crippen molar-refractivity contribution in [2.75, 3.05) is 19.4 Å². The van der Waals surface area contributed by atoms with Crippen LogP contribution in [0.1, 0.15) is 17.3 Å². The number of hydrogen-bond acceptors (Lipinski definition) is 5. The van der Waals surface area contributed by atoms with Crippen molar-refractivity contribution in [3.63, 3.8) is 0 Å². The molecular weight excluding hydrogens is 436 g/mol. The molecular formula is C21H22N4O4S2. The third kappa shape index (κ3) is 4.82. The van der Waals surface area contributed by atoms with Crippen molar-refractivity contribution in [3.8, 4) is 0 Å². The van der Waals surface area contributed by atoms with Gasteiger partial charge in [0.25, 0.3) is 5.91 Å². The fourth-order valence-electron chi connectivity index (χ4n) is 2.88. The molecule has 0 atom stereocenters. The summed E-state index contributed by atoms with van der Waals surface area (Å²) in [5, 5.41) is 2.74. The lowest BCUT2D eigenvalue weighted by molar-refractivity contribution is -0.114. The summed E-state index contributed by atoms with van der Waals surface area (Å²) in [6.07, 6.45) is 1.71. The number of amides is 2. The van der Waals surface area contributed by atoms with E-state index in [1.54, 1.807) is 12.1 Å². The predicted octanol–water partition coefficient (Wildman–Crippen LogP) is 2.84. The molecule has 0 saturated heterocycles. The number of allylic oxidation sites excluding steroid dienone is 1. The van der Waals surface area contributed by atoms with Crippen LogP contribution >= 0.6 is 11.3 Å². The highest BCUT2D eigenvalue weighted by molar-refractivity contribution is 7.89. The van der Waals surface area contributed by atoms with Gasteiger partial charge < -0.3 is 9.88 Å². The van der Waals surface area contributed by atoms with Crippen LogP contribution in [0.2, 0.25) is 0 Å². The van der Waals surface area contributed by atoms with Gasteiger partial charge in [-0.15, -0.1) is 6.58 Å². The third-order valence-electron chi connectivity index (χ3n) is 4.39. The van der Waals surface area contributed by atoms with Crippen LogP contribution in [0.25, 0.3) is 10.2 Å². The summed E-state index contributed by atoms with van der Waals surface area (Å²) in [4.78, 5) is 28.9. The van der Waals surface area contributed by atoms with Gasteiger partial charge in [-0.3, -0.25) is 9.59 Å². The van der Waals surface area contributed by atoms with Gasteiger partial charge in [0.15, 0.2) is 4.80 Å². The molecule has 2 amide bonds. The number of benzene rings is 2. The topological polar surface area (TPSA) is 101 Å². The van der Waals surface area contributed by atoms with Crippen LogP contribution in [0.4, 0.5) is 5.69 Å². The van der Waals surface area contributed by atoms with Gasteiger partial charge in [-0.25, -0.2) is 12.7 Å². The fraction of sp³-hybridized carbons (Fsp3) is 0.190. The SMILES string of the molecule is C=CCn1c(=NC(=O)c2ccc(S(=O)(=O)N(C)C)cc2)sc2cc(NC(C)=O)ccc21. The molecule has 3 aromatic rings. The van der Waals surface area contributed by atoms with E-state index in [4.69, 9.17) is 0 Å². The molecule has 0 saturated carbocycles. The van der Waals surface area contributed by atoms with Crippen molar-refractivity contribution >= 4 is 49.1 Å². The molecule has 10 heteroatoms. The second-order valence-electron chi connectivity index (χ2n) is 6.88. The van der Waals surface area contributed by atoms with Gasteiger partial charge in [0.2, 0.25) is 15.9 Å². The first-order chi connectivity index (χ1) is 14.6. The number of rotatable bonds is 6. The smallest absolute Gasteiger partial charge is 0.279 e. The Bertz CT molecular complexity index is 1330. The van der Waals surface area contributed by atoms with E-state index < -0.39 is 15.9 Å². The highest BCUT2D eigenvalue weighted by Gasteiger charge is 2.17. The van der Waals surface area contributed by atoms with Crippen LogP contribution in [0.3, 0.4) is 0 Å². The Hall–Kier alpha value is -3.08. The molecule has 0 unspecified atom stereocenters. The zero-order valence-electron chi connectivity index (χ0n) is 17.3. The molecule has 162 valence electrons. The van der Waals surface area contributed by atoms with Gasteiger partial charge in [-0.1, -0.05) is 17.4 Å². The summed E-state index contributed by atoms with van der Waals surface area (Å²) in [5.41, 5.74) is 1.79. The molecule has 0 aliphatic rings. The van der Waals surface area contributed by atoms with E-state index in [1.807, 2.05) is 16.7 Å². The van der Waals surface area contributed by atoms with Gasteiger partial charge in [0.1, 0.15) is 0 Å². The molecule has 0 spiro atoms. The number of nitrogens with one attached hydrogen (secondary N) is 1. The number of thiazole rings is 1. The summed E-state index contributed by atoms with van der Waals surface area (Å²) in [6.45, 7) is 5.65. The minimum absolute atomic E-state index is 0.100. The molecule has 1 heterocycles. The number of sulfonamides is 1. The van der Waals surface area contributed by atoms with Crippen LogP contribution < -0.4 is 10.1 Å². The number of carbonyl (C=O) groups excluding carboxylic acids is 2. The van der Waals surface area contributed by atoms with Crippen molar-refractivity contribution in [1.29, 1.82) is 0 Å². The van der Waals surface area contributed by atoms with Crippen LogP contribution in [-0.2, 0) is 21.4 Å². The lowest BCUT2D eigenvalue weighted by Gasteiger charge is -2.11. The maximum Gasteiger partial charge on any atom is 0.279 e. The van der Waals surface area contributed by atoms with E-state index in [1.165, 1.54) is 56.6 Å². The Morgan fingerprint density at radius 2 is 1.87 bits per heavy atom. The maximum atomic E-state index is 12.7. The number of fused-ring (bicyclic) bond motifs is 1. The predicted molar refractivity (Wildman–Crippen MR) is 122 cm³/mol. The largest absolute Gasteiger partial charge is 0.326 e. The standard InChI is InChI=1S/C21H22N4O4S2/c1-5-12-25-18-11-8-16(22-14(2)26)13-19(18)30-21(25)23-20(27)15-6-9-17(10-7-15)31(28,29)24(3)4/h5-11,13H,1,12H2,2-4H3,(H,22,26). The Morgan fingerprint density at radius 1 is 1.19 bits per heavy atom. The Labute approximate surface area is 184 Å². The molecule has 31 heavy (non-hydrogen) atoms. The number of carbonyl (C=O) groups is 2. The van der Waals surface area contributed by atoms with Crippen LogP contribution in [0, 0.1) is 0 Å². The average molecular weight is 459 g/mol. The molecule has 0 bridgehead atoms. The minimum atomic E-state index is -3.57. The van der Waals surface area contributed by atoms with E-state index in [9.17, 15) is 18.0 Å². The molecule has 0 aliphatic carbocycles. The first kappa shape index (κ1) is 22.6. The molecule has 1 N–H and O–H groups in total. The molecule has 0 aliphatic heterocycles. The summed E-state index contributed by atoms with van der Waals surface area (Å²) < 4.78 is 28.2. The van der Waals surface area contributed by atoms with E-state index in [-0.39, 0.29) is 16.4 Å². The van der Waals surface area contributed by atoms with Gasteiger partial charge in [-0.05, 0) is 42.5 Å². The van der Waals surface area contributed by atoms with Crippen molar-refractivity contribution in [1.82, 2.24) is 8.87 Å². The lowest BCUT2D eigenvalue weighted by Crippen LogP contribution is -2.22. The number of aromatic nitrogens is 1. The second-order valence-corrected chi connectivity index (χ2v) is 10.0. The van der Waals surface area contributed by atoms with Gasteiger partial charge >= 0.3 is 0 Å². The minimum Gasteiger partial charge on any atom is -0.326 e. The highest BCUT2D eigenvalue weighted by Crippen LogP contribution is 2.22. The normalized spacial score (nSPS) is 12.3. The van der Waals surface area contributed by atoms with Crippen LogP contribution in [0.5, 0.6) is 0 Å². The van der Waals surface area contributed by atoms with E-state index >= 15 is 0 Å². The van der Waals surface area contributed by atoms with Crippen molar-refractivity contribution in [3.05, 3.63) is 65.5 Å². The first-order valence-corrected chi connectivity index (χ1v) is 11.5. The Morgan fingerprint density at radius 3 is 2.45 bits per heavy atom. The Balaban J connectivity index is 2.02. The van der Waals surface area contributed by atoms with Crippen LogP contribution in [0.15, 0.2) is 65.0 Å². The van der Waals surface area contributed by atoms with E-state index in [2.05, 4.69) is 16.9 Å². The number of hydrogen-bond donors (Lipinski definition) is 1. The highest BCUT2D eigenvalue weighted by atomic mass is 32.2. The lowest BCUT2D eigenvalue weighted by atomic mass is 10.2. The third-order valence-corrected chi connectivity index (χ3v) is 7.26. The number of nitrogens with zero attached hydrogens (tertiary/aromatic N) is 3. The first-order valence-electron chi connectivity index (χ1n) is 9.27. The van der Waals surface area contributed by atoms with Crippen molar-refractivity contribution in [2.24, 2.45) is 4.99 Å². The summed E-state index contributed by atoms with van der Waals surface area (Å²) in [7, 11) is -0.683. The zero-order chi connectivity index (χ0) is 22.8. The second kappa shape index (κ2) is 8.96. The fourth-order valence-corrected chi connectivity index (χ4v) is 4.86. The van der Waals surface area contributed by atoms with Gasteiger partial charge in [0, 0.05) is 38.8 Å². The summed E-state index contributed by atoms with van der Waals surface area (Å²) >= 11 is 1.31. The van der Waals surface area contributed by atoms with Crippen LogP contribution in [-0.4, -0.2) is 43.2 Å². The molecule has 0 radical (unpaired) electrons. The maximum absolute atomic E-state index is 12.7. The zero-order valence-corrected chi connectivity index (χ0v) is 19.0. The van der Waals surface area contributed by atoms with E-state index in [0.717, 1.165) is 14.5 Å². The van der Waals surface area contributed by atoms with E-state index in [0.29, 0.717) is 17.0 Å². The summed E-state index contributed by atoms with van der Waals surface area (Å²) in [5.74, 6) is -0.657. The molecule has 1 aromatic heterocycles. The quantitative estimate of drug-likeness (QED) is 0.574. The molecule has 8 nitrogen and oxygen atoms in total. The van der Waals surface area contributed by atoms with Crippen molar-refractivity contribution in [2.45, 2.75) is 18.4 Å². The average Bonchev–Trinajstić information content (AvgIpc) is 3.04. The molecule has 2 aromatic carbocycles. The van der Waals surface area contributed by atoms with Gasteiger partial charge in [0.05, 0.1) is 15.1 Å². The molecule has 3 rings (SSSR count). The van der Waals surface area contributed by atoms with Crippen molar-refractivity contribution < 1.29 is 18.0 Å². The Kier molecular flexibility index (Phi) is 6.54. The number of anilines is 1.